The van der Waals surface area contributed by atoms with Crippen molar-refractivity contribution in [1.29, 1.82) is 0 Å². The average molecular weight is 194 g/mol. The van der Waals surface area contributed by atoms with Crippen molar-refractivity contribution >= 4 is 5.97 Å². The third-order valence-electron chi connectivity index (χ3n) is 1.73. The molecule has 2 N–H and O–H groups in total. The van der Waals surface area contributed by atoms with Gasteiger partial charge in [-0.1, -0.05) is 6.07 Å². The second-order valence-corrected chi connectivity index (χ2v) is 2.87. The standard InChI is InChI=1S/C10H14N2O2/c11-5-3-10(13)14-7-4-9-2-1-6-12-8-9/h1-2,6,8H,3-5,7,11H2. The quantitative estimate of drug-likeness (QED) is 0.694. The maximum Gasteiger partial charge on any atom is 0.307 e. The van der Waals surface area contributed by atoms with Gasteiger partial charge in [0.15, 0.2) is 0 Å². The lowest BCUT2D eigenvalue weighted by atomic mass is 10.2. The molecule has 0 bridgehead atoms. The fourth-order valence-corrected chi connectivity index (χ4v) is 1.02. The smallest absolute Gasteiger partial charge is 0.307 e. The zero-order valence-corrected chi connectivity index (χ0v) is 7.98. The van der Waals surface area contributed by atoms with E-state index in [1.54, 1.807) is 12.4 Å². The van der Waals surface area contributed by atoms with Crippen LogP contribution in [-0.4, -0.2) is 24.1 Å². The molecule has 1 heterocycles. The Bertz CT molecular complexity index is 275. The highest BCUT2D eigenvalue weighted by atomic mass is 16.5. The molecule has 0 saturated heterocycles. The Morgan fingerprint density at radius 2 is 2.43 bits per heavy atom. The summed E-state index contributed by atoms with van der Waals surface area (Å²) in [4.78, 5) is 14.9. The van der Waals surface area contributed by atoms with Crippen LogP contribution in [0.2, 0.25) is 0 Å². The van der Waals surface area contributed by atoms with E-state index in [9.17, 15) is 4.79 Å². The van der Waals surface area contributed by atoms with E-state index in [1.807, 2.05) is 12.1 Å². The van der Waals surface area contributed by atoms with Crippen LogP contribution in [-0.2, 0) is 16.0 Å². The number of hydrogen-bond donors (Lipinski definition) is 1. The second-order valence-electron chi connectivity index (χ2n) is 2.87. The van der Waals surface area contributed by atoms with Crippen LogP contribution in [0.15, 0.2) is 24.5 Å². The molecular weight excluding hydrogens is 180 g/mol. The zero-order valence-electron chi connectivity index (χ0n) is 7.98. The minimum atomic E-state index is -0.239. The molecule has 0 aliphatic rings. The SMILES string of the molecule is NCCC(=O)OCCc1cccnc1. The minimum absolute atomic E-state index is 0.239. The third kappa shape index (κ3) is 4.00. The molecule has 1 aromatic rings. The van der Waals surface area contributed by atoms with Crippen LogP contribution in [0.3, 0.4) is 0 Å². The molecule has 0 aliphatic heterocycles. The number of aromatic nitrogens is 1. The molecule has 1 aromatic heterocycles. The van der Waals surface area contributed by atoms with Crippen LogP contribution in [0.1, 0.15) is 12.0 Å². The zero-order chi connectivity index (χ0) is 10.2. The fourth-order valence-electron chi connectivity index (χ4n) is 1.02. The Balaban J connectivity index is 2.19. The lowest BCUT2D eigenvalue weighted by Gasteiger charge is -2.03. The van der Waals surface area contributed by atoms with Crippen LogP contribution in [0, 0.1) is 0 Å². The van der Waals surface area contributed by atoms with Gasteiger partial charge in [0.05, 0.1) is 13.0 Å². The first-order valence-corrected chi connectivity index (χ1v) is 4.57. The first-order chi connectivity index (χ1) is 6.83. The van der Waals surface area contributed by atoms with Crippen LogP contribution >= 0.6 is 0 Å². The highest BCUT2D eigenvalue weighted by Crippen LogP contribution is 1.97. The number of nitrogens with two attached hydrogens (primary N) is 1. The summed E-state index contributed by atoms with van der Waals surface area (Å²) in [5, 5.41) is 0. The maximum absolute atomic E-state index is 10.9. The number of esters is 1. The number of carbonyl (C=O) groups excluding carboxylic acids is 1. The molecule has 1 rings (SSSR count). The molecule has 0 fully saturated rings. The normalized spacial score (nSPS) is 9.79. The Morgan fingerprint density at radius 3 is 3.07 bits per heavy atom. The van der Waals surface area contributed by atoms with Gasteiger partial charge in [-0.3, -0.25) is 9.78 Å². The molecule has 0 saturated carbocycles. The van der Waals surface area contributed by atoms with E-state index in [0.29, 0.717) is 19.6 Å². The van der Waals surface area contributed by atoms with Crippen molar-refractivity contribution in [2.24, 2.45) is 5.73 Å². The van der Waals surface area contributed by atoms with Gasteiger partial charge in [0.2, 0.25) is 0 Å². The van der Waals surface area contributed by atoms with E-state index in [0.717, 1.165) is 5.56 Å². The van der Waals surface area contributed by atoms with Crippen molar-refractivity contribution in [1.82, 2.24) is 4.98 Å². The Morgan fingerprint density at radius 1 is 1.57 bits per heavy atom. The van der Waals surface area contributed by atoms with Gasteiger partial charge in [-0.15, -0.1) is 0 Å². The summed E-state index contributed by atoms with van der Waals surface area (Å²) in [5.41, 5.74) is 6.26. The fraction of sp³-hybridized carbons (Fsp3) is 0.400. The van der Waals surface area contributed by atoms with Gasteiger partial charge in [-0.25, -0.2) is 0 Å². The summed E-state index contributed by atoms with van der Waals surface area (Å²) in [5.74, 6) is -0.239. The molecule has 4 nitrogen and oxygen atoms in total. The van der Waals surface area contributed by atoms with E-state index < -0.39 is 0 Å². The number of nitrogens with zero attached hydrogens (tertiary/aromatic N) is 1. The lowest BCUT2D eigenvalue weighted by molar-refractivity contribution is -0.143. The first kappa shape index (κ1) is 10.7. The summed E-state index contributed by atoms with van der Waals surface area (Å²) in [7, 11) is 0. The van der Waals surface area contributed by atoms with E-state index in [-0.39, 0.29) is 12.4 Å². The Hall–Kier alpha value is -1.42. The minimum Gasteiger partial charge on any atom is -0.465 e. The highest BCUT2D eigenvalue weighted by Gasteiger charge is 2.00. The van der Waals surface area contributed by atoms with Gasteiger partial charge in [0, 0.05) is 25.4 Å². The molecule has 0 aliphatic carbocycles. The van der Waals surface area contributed by atoms with Crippen molar-refractivity contribution in [3.8, 4) is 0 Å². The third-order valence-corrected chi connectivity index (χ3v) is 1.73. The largest absolute Gasteiger partial charge is 0.465 e. The molecule has 0 amide bonds. The molecule has 0 radical (unpaired) electrons. The van der Waals surface area contributed by atoms with Crippen molar-refractivity contribution in [3.05, 3.63) is 30.1 Å². The molecule has 4 heteroatoms. The van der Waals surface area contributed by atoms with Gasteiger partial charge in [0.1, 0.15) is 0 Å². The van der Waals surface area contributed by atoms with Gasteiger partial charge in [-0.05, 0) is 11.6 Å². The molecule has 0 unspecified atom stereocenters. The van der Waals surface area contributed by atoms with Crippen LogP contribution < -0.4 is 5.73 Å². The monoisotopic (exact) mass is 194 g/mol. The van der Waals surface area contributed by atoms with E-state index in [2.05, 4.69) is 4.98 Å². The van der Waals surface area contributed by atoms with E-state index in [4.69, 9.17) is 10.5 Å². The van der Waals surface area contributed by atoms with Gasteiger partial charge < -0.3 is 10.5 Å². The predicted molar refractivity (Wildman–Crippen MR) is 52.6 cm³/mol. The molecular formula is C10H14N2O2. The van der Waals surface area contributed by atoms with Crippen molar-refractivity contribution < 1.29 is 9.53 Å². The number of hydrogen-bond acceptors (Lipinski definition) is 4. The second kappa shape index (κ2) is 6.10. The van der Waals surface area contributed by atoms with Gasteiger partial charge in [-0.2, -0.15) is 0 Å². The van der Waals surface area contributed by atoms with Crippen LogP contribution in [0.5, 0.6) is 0 Å². The number of pyridine rings is 1. The molecule has 14 heavy (non-hydrogen) atoms. The highest BCUT2D eigenvalue weighted by molar-refractivity contribution is 5.69. The number of rotatable bonds is 5. The average Bonchev–Trinajstić information content (AvgIpc) is 2.20. The van der Waals surface area contributed by atoms with Crippen molar-refractivity contribution in [2.75, 3.05) is 13.2 Å². The Kier molecular flexibility index (Phi) is 4.64. The summed E-state index contributed by atoms with van der Waals surface area (Å²) in [6.45, 7) is 0.732. The molecule has 76 valence electrons. The lowest BCUT2D eigenvalue weighted by Crippen LogP contribution is -2.12. The van der Waals surface area contributed by atoms with Gasteiger partial charge >= 0.3 is 5.97 Å². The van der Waals surface area contributed by atoms with Crippen LogP contribution in [0.25, 0.3) is 0 Å². The van der Waals surface area contributed by atoms with E-state index >= 15 is 0 Å². The molecule has 0 aromatic carbocycles. The van der Waals surface area contributed by atoms with Crippen LogP contribution in [0.4, 0.5) is 0 Å². The van der Waals surface area contributed by atoms with Crippen molar-refractivity contribution in [3.63, 3.8) is 0 Å². The summed E-state index contributed by atoms with van der Waals surface area (Å²) < 4.78 is 4.94. The van der Waals surface area contributed by atoms with Crippen molar-refractivity contribution in [2.45, 2.75) is 12.8 Å². The first-order valence-electron chi connectivity index (χ1n) is 4.57. The number of carbonyl (C=O) groups is 1. The molecule has 0 spiro atoms. The summed E-state index contributed by atoms with van der Waals surface area (Å²) in [6.07, 6.45) is 4.46. The molecule has 0 atom stereocenters. The van der Waals surface area contributed by atoms with Gasteiger partial charge in [0.25, 0.3) is 0 Å². The summed E-state index contributed by atoms with van der Waals surface area (Å²) in [6, 6.07) is 3.81. The van der Waals surface area contributed by atoms with E-state index in [1.165, 1.54) is 0 Å². The summed E-state index contributed by atoms with van der Waals surface area (Å²) >= 11 is 0. The number of ether oxygens (including phenoxy) is 1. The maximum atomic E-state index is 10.9. The predicted octanol–water partition coefficient (Wildman–Crippen LogP) is 0.516. The Labute approximate surface area is 83.1 Å². The topological polar surface area (TPSA) is 65.2 Å².